The number of amides is 3. The van der Waals surface area contributed by atoms with E-state index in [-0.39, 0.29) is 29.7 Å². The smallest absolute Gasteiger partial charge is 0.249 e. The largest absolute Gasteiger partial charge is 0.393 e. The number of rotatable bonds is 10. The molecule has 8 rings (SSSR count). The number of piperidine rings is 2. The third kappa shape index (κ3) is 8.69. The van der Waals surface area contributed by atoms with Crippen molar-refractivity contribution in [1.29, 1.82) is 0 Å². The Hall–Kier alpha value is -1.81. The summed E-state index contributed by atoms with van der Waals surface area (Å²) < 4.78 is 0. The molecule has 3 N–H and O–H groups in total. The van der Waals surface area contributed by atoms with Gasteiger partial charge in [0.05, 0.1) is 6.10 Å². The van der Waals surface area contributed by atoms with Crippen LogP contribution in [-0.2, 0) is 14.4 Å². The van der Waals surface area contributed by atoms with Crippen LogP contribution in [0.1, 0.15) is 148 Å². The predicted octanol–water partition coefficient (Wildman–Crippen LogP) is 6.19. The first-order valence-corrected chi connectivity index (χ1v) is 23.1. The summed E-state index contributed by atoms with van der Waals surface area (Å²) in [5, 5.41) is 16.8. The van der Waals surface area contributed by atoms with Crippen molar-refractivity contribution in [2.75, 3.05) is 39.3 Å². The third-order valence-corrected chi connectivity index (χ3v) is 16.3. The van der Waals surface area contributed by atoms with Crippen molar-refractivity contribution in [2.24, 2.45) is 35.5 Å². The standard InChI is InChI=1S/C45H73N5O4/c1-2-39(31-6-4-3-5-7-31)43(33-10-15-38(51)16-11-33)32-8-12-36(13-9-32)48-23-20-30(21-24-48)27-46-35-22-25-49(29-35)37-14-17-40-34(26-37)28-50(45(40)54)41-18-19-42(52)47-44(41)53/h30-38,40-41,46,51H,2-29H2,1H3,(H,47,52,53)/b43-39+. The average Bonchev–Trinajstić information content (AvgIpc) is 3.81. The molecule has 9 nitrogen and oxygen atoms in total. The summed E-state index contributed by atoms with van der Waals surface area (Å²) in [4.78, 5) is 44.9. The van der Waals surface area contributed by atoms with Gasteiger partial charge in [-0.2, -0.15) is 0 Å². The van der Waals surface area contributed by atoms with E-state index in [0.717, 1.165) is 81.5 Å². The summed E-state index contributed by atoms with van der Waals surface area (Å²) in [5.74, 6) is 3.15. The monoisotopic (exact) mass is 748 g/mol. The van der Waals surface area contributed by atoms with Crippen LogP contribution in [0.5, 0.6) is 0 Å². The number of allylic oxidation sites excluding steroid dienone is 2. The van der Waals surface area contributed by atoms with Gasteiger partial charge in [-0.05, 0) is 165 Å². The van der Waals surface area contributed by atoms with Crippen LogP contribution < -0.4 is 10.6 Å². The maximum Gasteiger partial charge on any atom is 0.249 e. The summed E-state index contributed by atoms with van der Waals surface area (Å²) in [5.41, 5.74) is 3.78. The molecule has 4 saturated heterocycles. The molecule has 4 aliphatic carbocycles. The molecule has 8 fully saturated rings. The molecule has 5 atom stereocenters. The number of nitrogens with one attached hydrogen (secondary N) is 2. The van der Waals surface area contributed by atoms with Crippen LogP contribution in [0.3, 0.4) is 0 Å². The summed E-state index contributed by atoms with van der Waals surface area (Å²) in [7, 11) is 0. The number of aliphatic hydroxyl groups is 1. The van der Waals surface area contributed by atoms with Crippen LogP contribution in [0.2, 0.25) is 0 Å². The number of aliphatic hydroxyl groups excluding tert-OH is 1. The van der Waals surface area contributed by atoms with Crippen LogP contribution in [-0.4, -0.2) is 107 Å². The molecule has 4 aliphatic heterocycles. The highest BCUT2D eigenvalue weighted by atomic mass is 16.3. The van der Waals surface area contributed by atoms with E-state index in [1.807, 2.05) is 16.0 Å². The Kier molecular flexibility index (Phi) is 12.8. The van der Waals surface area contributed by atoms with Crippen molar-refractivity contribution in [1.82, 2.24) is 25.3 Å². The second kappa shape index (κ2) is 17.8. The molecule has 302 valence electrons. The SMILES string of the molecule is CC/C(=C(\C1CCC(O)CC1)C1CCC(N2CCC(CNC3CCN(C4CCC5C(=O)N(C6CCC(=O)NC6=O)CC5C4)C3)CC2)CC1)C1CCCCC1. The quantitative estimate of drug-likeness (QED) is 0.181. The number of carbonyl (C=O) groups is 3. The Morgan fingerprint density at radius 1 is 0.722 bits per heavy atom. The lowest BCUT2D eigenvalue weighted by atomic mass is 9.67. The van der Waals surface area contributed by atoms with Crippen LogP contribution in [0.4, 0.5) is 0 Å². The van der Waals surface area contributed by atoms with Gasteiger partial charge in [-0.3, -0.25) is 24.6 Å². The van der Waals surface area contributed by atoms with Crippen molar-refractivity contribution in [3.8, 4) is 0 Å². The van der Waals surface area contributed by atoms with E-state index in [0.29, 0.717) is 37.4 Å². The Labute approximate surface area is 326 Å². The number of hydrogen-bond donors (Lipinski definition) is 3. The van der Waals surface area contributed by atoms with E-state index < -0.39 is 6.04 Å². The van der Waals surface area contributed by atoms with Gasteiger partial charge in [-0.25, -0.2) is 0 Å². The Morgan fingerprint density at radius 2 is 1.41 bits per heavy atom. The molecule has 54 heavy (non-hydrogen) atoms. The number of imide groups is 1. The molecule has 0 bridgehead atoms. The van der Waals surface area contributed by atoms with Gasteiger partial charge in [-0.15, -0.1) is 0 Å². The number of likely N-dealkylation sites (tertiary alicyclic amines) is 3. The van der Waals surface area contributed by atoms with Gasteiger partial charge in [0.1, 0.15) is 6.04 Å². The summed E-state index contributed by atoms with van der Waals surface area (Å²) in [6, 6.07) is 1.41. The fraction of sp³-hybridized carbons (Fsp3) is 0.889. The van der Waals surface area contributed by atoms with Gasteiger partial charge in [0.2, 0.25) is 17.7 Å². The fourth-order valence-electron chi connectivity index (χ4n) is 13.2. The van der Waals surface area contributed by atoms with Gasteiger partial charge in [0, 0.05) is 50.1 Å². The second-order valence-corrected chi connectivity index (χ2v) is 19.3. The molecule has 8 aliphatic rings. The molecule has 0 aromatic carbocycles. The van der Waals surface area contributed by atoms with E-state index in [2.05, 4.69) is 27.4 Å². The van der Waals surface area contributed by atoms with E-state index in [1.165, 1.54) is 109 Å². The van der Waals surface area contributed by atoms with E-state index in [1.54, 1.807) is 0 Å². The number of carbonyl (C=O) groups excluding carboxylic acids is 3. The Bertz CT molecular complexity index is 1340. The number of nitrogens with zero attached hydrogens (tertiary/aromatic N) is 3. The minimum atomic E-state index is -0.467. The van der Waals surface area contributed by atoms with Crippen molar-refractivity contribution < 1.29 is 19.5 Å². The highest BCUT2D eigenvalue weighted by molar-refractivity contribution is 6.02. The van der Waals surface area contributed by atoms with Gasteiger partial charge < -0.3 is 20.2 Å². The molecule has 9 heteroatoms. The minimum Gasteiger partial charge on any atom is -0.393 e. The minimum absolute atomic E-state index is 0.0518. The molecule has 4 heterocycles. The van der Waals surface area contributed by atoms with E-state index >= 15 is 0 Å². The Balaban J connectivity index is 0.765. The Morgan fingerprint density at radius 3 is 2.11 bits per heavy atom. The topological polar surface area (TPSA) is 105 Å². The highest BCUT2D eigenvalue weighted by Gasteiger charge is 2.49. The predicted molar refractivity (Wildman–Crippen MR) is 212 cm³/mol. The van der Waals surface area contributed by atoms with Crippen molar-refractivity contribution in [3.05, 3.63) is 11.1 Å². The first-order valence-electron chi connectivity index (χ1n) is 23.1. The van der Waals surface area contributed by atoms with E-state index in [4.69, 9.17) is 0 Å². The molecular formula is C45H73N5O4. The number of fused-ring (bicyclic) bond motifs is 1. The van der Waals surface area contributed by atoms with E-state index in [9.17, 15) is 19.5 Å². The zero-order valence-electron chi connectivity index (χ0n) is 33.7. The molecule has 0 spiro atoms. The van der Waals surface area contributed by atoms with Crippen molar-refractivity contribution in [3.63, 3.8) is 0 Å². The lowest BCUT2D eigenvalue weighted by Gasteiger charge is -2.43. The zero-order valence-corrected chi connectivity index (χ0v) is 33.7. The molecular weight excluding hydrogens is 675 g/mol. The lowest BCUT2D eigenvalue weighted by molar-refractivity contribution is -0.144. The lowest BCUT2D eigenvalue weighted by Crippen LogP contribution is -2.53. The van der Waals surface area contributed by atoms with Crippen LogP contribution in [0.15, 0.2) is 11.1 Å². The molecule has 0 aromatic rings. The first kappa shape index (κ1) is 39.0. The van der Waals surface area contributed by atoms with Crippen molar-refractivity contribution >= 4 is 17.7 Å². The van der Waals surface area contributed by atoms with Crippen LogP contribution in [0.25, 0.3) is 0 Å². The zero-order chi connectivity index (χ0) is 37.2. The van der Waals surface area contributed by atoms with Gasteiger partial charge in [-0.1, -0.05) is 37.3 Å². The molecule has 5 unspecified atom stereocenters. The highest BCUT2D eigenvalue weighted by Crippen LogP contribution is 2.46. The first-order chi connectivity index (χ1) is 26.3. The van der Waals surface area contributed by atoms with Crippen LogP contribution in [0, 0.1) is 35.5 Å². The van der Waals surface area contributed by atoms with Gasteiger partial charge >= 0.3 is 0 Å². The summed E-state index contributed by atoms with van der Waals surface area (Å²) in [6.07, 6.45) is 25.9. The normalized spacial score (nSPS) is 38.7. The van der Waals surface area contributed by atoms with Gasteiger partial charge in [0.15, 0.2) is 0 Å². The molecule has 0 aromatic heterocycles. The maximum absolute atomic E-state index is 13.3. The van der Waals surface area contributed by atoms with Gasteiger partial charge in [0.25, 0.3) is 0 Å². The second-order valence-electron chi connectivity index (χ2n) is 19.3. The molecule has 3 amide bonds. The maximum atomic E-state index is 13.3. The summed E-state index contributed by atoms with van der Waals surface area (Å²) >= 11 is 0. The third-order valence-electron chi connectivity index (χ3n) is 16.3. The number of hydrogen-bond acceptors (Lipinski definition) is 7. The summed E-state index contributed by atoms with van der Waals surface area (Å²) in [6.45, 7) is 9.06. The fourth-order valence-corrected chi connectivity index (χ4v) is 13.2. The van der Waals surface area contributed by atoms with Crippen LogP contribution >= 0.6 is 0 Å². The molecule has 0 radical (unpaired) electrons. The van der Waals surface area contributed by atoms with Crippen molar-refractivity contribution in [2.45, 2.75) is 178 Å². The average molecular weight is 748 g/mol. The molecule has 4 saturated carbocycles.